The molecule has 7 nitrogen and oxygen atoms in total. The van der Waals surface area contributed by atoms with Crippen LogP contribution in [-0.4, -0.2) is 23.0 Å². The highest BCUT2D eigenvalue weighted by molar-refractivity contribution is 5.98. The van der Waals surface area contributed by atoms with Crippen molar-refractivity contribution in [1.29, 1.82) is 0 Å². The zero-order valence-electron chi connectivity index (χ0n) is 12.8. The summed E-state index contributed by atoms with van der Waals surface area (Å²) in [4.78, 5) is 27.7. The number of hydrogen-bond acceptors (Lipinski definition) is 4. The summed E-state index contributed by atoms with van der Waals surface area (Å²) < 4.78 is 5.39. The molecule has 0 bridgehead atoms. The molecule has 0 fully saturated rings. The maximum Gasteiger partial charge on any atom is 0.312 e. The van der Waals surface area contributed by atoms with Crippen LogP contribution in [0.4, 0.5) is 10.5 Å². The fourth-order valence-electron chi connectivity index (χ4n) is 2.20. The van der Waals surface area contributed by atoms with Crippen molar-refractivity contribution in [2.24, 2.45) is 11.7 Å². The molecule has 22 heavy (non-hydrogen) atoms. The Hall–Kier alpha value is -2.57. The number of benzene rings is 1. The lowest BCUT2D eigenvalue weighted by molar-refractivity contribution is -0.119. The van der Waals surface area contributed by atoms with E-state index in [2.05, 4.69) is 15.6 Å². The second-order valence-electron chi connectivity index (χ2n) is 5.28. The Morgan fingerprint density at radius 1 is 1.41 bits per heavy atom. The van der Waals surface area contributed by atoms with Crippen LogP contribution in [0.25, 0.3) is 11.1 Å². The summed E-state index contributed by atoms with van der Waals surface area (Å²) in [5.41, 5.74) is 7.05. The third-order valence-electron chi connectivity index (χ3n) is 3.56. The van der Waals surface area contributed by atoms with Crippen molar-refractivity contribution in [2.75, 3.05) is 5.32 Å². The zero-order valence-corrected chi connectivity index (χ0v) is 12.8. The number of carbonyl (C=O) groups is 2. The number of aryl methyl sites for hydroxylation is 1. The number of nitrogens with two attached hydrogens (primary N) is 1. The lowest BCUT2D eigenvalue weighted by atomic mass is 9.98. The van der Waals surface area contributed by atoms with Crippen LogP contribution in [0.5, 0.6) is 0 Å². The third kappa shape index (κ3) is 3.55. The fourth-order valence-corrected chi connectivity index (χ4v) is 2.20. The second-order valence-corrected chi connectivity index (χ2v) is 5.28. The number of hydrogen-bond donors (Lipinski definition) is 3. The minimum Gasteiger partial charge on any atom is -0.441 e. The van der Waals surface area contributed by atoms with Crippen LogP contribution in [-0.2, 0) is 4.79 Å². The number of carbonyl (C=O) groups excluding carboxylic acids is 2. The smallest absolute Gasteiger partial charge is 0.312 e. The molecule has 3 amide bonds. The molecular weight excluding hydrogens is 284 g/mol. The molecule has 0 unspecified atom stereocenters. The van der Waals surface area contributed by atoms with Gasteiger partial charge in [0.05, 0.1) is 0 Å². The highest BCUT2D eigenvalue weighted by atomic mass is 16.3. The minimum absolute atomic E-state index is 0.0366. The number of oxazole rings is 1. The Morgan fingerprint density at radius 3 is 2.77 bits per heavy atom. The molecule has 0 saturated heterocycles. The summed E-state index contributed by atoms with van der Waals surface area (Å²) in [6.07, 6.45) is 0.736. The quantitative estimate of drug-likeness (QED) is 0.786. The van der Waals surface area contributed by atoms with Gasteiger partial charge in [0.25, 0.3) is 0 Å². The third-order valence-corrected chi connectivity index (χ3v) is 3.56. The van der Waals surface area contributed by atoms with Crippen molar-refractivity contribution in [3.05, 3.63) is 24.1 Å². The van der Waals surface area contributed by atoms with Gasteiger partial charge < -0.3 is 20.8 Å². The molecule has 1 aromatic carbocycles. The summed E-state index contributed by atoms with van der Waals surface area (Å²) in [5.74, 6) is 0.213. The second kappa shape index (κ2) is 6.46. The molecular formula is C15H20N4O3. The van der Waals surface area contributed by atoms with Crippen LogP contribution in [0.2, 0.25) is 0 Å². The van der Waals surface area contributed by atoms with Gasteiger partial charge in [-0.2, -0.15) is 0 Å². The van der Waals surface area contributed by atoms with Crippen LogP contribution in [0.1, 0.15) is 26.2 Å². The van der Waals surface area contributed by atoms with E-state index in [1.807, 2.05) is 13.8 Å². The van der Waals surface area contributed by atoms with Crippen LogP contribution in [0.15, 0.2) is 22.6 Å². The van der Waals surface area contributed by atoms with E-state index < -0.39 is 12.1 Å². The van der Waals surface area contributed by atoms with Crippen molar-refractivity contribution in [3.63, 3.8) is 0 Å². The van der Waals surface area contributed by atoms with Crippen LogP contribution >= 0.6 is 0 Å². The fraction of sp³-hybridized carbons (Fsp3) is 0.400. The van der Waals surface area contributed by atoms with E-state index in [0.29, 0.717) is 22.7 Å². The Labute approximate surface area is 128 Å². The van der Waals surface area contributed by atoms with Gasteiger partial charge in [-0.25, -0.2) is 9.78 Å². The van der Waals surface area contributed by atoms with Gasteiger partial charge >= 0.3 is 6.03 Å². The van der Waals surface area contributed by atoms with Crippen molar-refractivity contribution in [2.45, 2.75) is 33.2 Å². The molecule has 2 aromatic rings. The highest BCUT2D eigenvalue weighted by Gasteiger charge is 2.25. The van der Waals surface area contributed by atoms with E-state index in [4.69, 9.17) is 10.2 Å². The summed E-state index contributed by atoms with van der Waals surface area (Å²) in [5, 5.41) is 5.26. The molecule has 0 radical (unpaired) electrons. The number of primary amides is 1. The van der Waals surface area contributed by atoms with Crippen LogP contribution in [0, 0.1) is 12.8 Å². The maximum atomic E-state index is 12.4. The number of nitrogens with zero attached hydrogens (tertiary/aromatic N) is 1. The SMILES string of the molecule is CC[C@@H](C)[C@H](NC(N)=O)C(=O)Nc1ccc2oc(C)nc2c1. The predicted molar refractivity (Wildman–Crippen MR) is 83.3 cm³/mol. The van der Waals surface area contributed by atoms with Gasteiger partial charge in [-0.05, 0) is 24.1 Å². The normalized spacial score (nSPS) is 13.6. The first kappa shape index (κ1) is 15.8. The van der Waals surface area contributed by atoms with E-state index in [9.17, 15) is 9.59 Å². The maximum absolute atomic E-state index is 12.4. The van der Waals surface area contributed by atoms with Crippen molar-refractivity contribution >= 4 is 28.7 Å². The molecule has 0 aliphatic carbocycles. The average Bonchev–Trinajstić information content (AvgIpc) is 2.83. The molecule has 7 heteroatoms. The van der Waals surface area contributed by atoms with Gasteiger partial charge in [-0.3, -0.25) is 4.79 Å². The molecule has 1 heterocycles. The van der Waals surface area contributed by atoms with Crippen molar-refractivity contribution in [3.8, 4) is 0 Å². The Morgan fingerprint density at radius 2 is 2.14 bits per heavy atom. The van der Waals surface area contributed by atoms with Gasteiger partial charge in [0, 0.05) is 12.6 Å². The summed E-state index contributed by atoms with van der Waals surface area (Å²) in [6.45, 7) is 5.58. The first-order valence-corrected chi connectivity index (χ1v) is 7.14. The molecule has 0 aliphatic heterocycles. The number of nitrogens with one attached hydrogen (secondary N) is 2. The number of rotatable bonds is 5. The van der Waals surface area contributed by atoms with E-state index in [1.54, 1.807) is 25.1 Å². The summed E-state index contributed by atoms with van der Waals surface area (Å²) in [6, 6.07) is 3.79. The number of urea groups is 1. The minimum atomic E-state index is -0.719. The van der Waals surface area contributed by atoms with Crippen molar-refractivity contribution < 1.29 is 14.0 Å². The van der Waals surface area contributed by atoms with E-state index >= 15 is 0 Å². The molecule has 0 aliphatic rings. The first-order chi connectivity index (χ1) is 10.4. The number of anilines is 1. The lowest BCUT2D eigenvalue weighted by Gasteiger charge is -2.22. The Kier molecular flexibility index (Phi) is 4.65. The molecule has 0 spiro atoms. The summed E-state index contributed by atoms with van der Waals surface area (Å²) >= 11 is 0. The van der Waals surface area contributed by atoms with Gasteiger partial charge in [0.15, 0.2) is 11.5 Å². The van der Waals surface area contributed by atoms with E-state index in [0.717, 1.165) is 6.42 Å². The van der Waals surface area contributed by atoms with E-state index in [-0.39, 0.29) is 11.8 Å². The monoisotopic (exact) mass is 304 g/mol. The number of aromatic nitrogens is 1. The Bertz CT molecular complexity index is 695. The molecule has 4 N–H and O–H groups in total. The lowest BCUT2D eigenvalue weighted by Crippen LogP contribution is -2.49. The Balaban J connectivity index is 2.17. The topological polar surface area (TPSA) is 110 Å². The number of fused-ring (bicyclic) bond motifs is 1. The van der Waals surface area contributed by atoms with E-state index in [1.165, 1.54) is 0 Å². The van der Waals surface area contributed by atoms with Crippen LogP contribution in [0.3, 0.4) is 0 Å². The van der Waals surface area contributed by atoms with Gasteiger partial charge in [0.1, 0.15) is 11.6 Å². The zero-order chi connectivity index (χ0) is 16.3. The molecule has 2 rings (SSSR count). The van der Waals surface area contributed by atoms with Crippen LogP contribution < -0.4 is 16.4 Å². The largest absolute Gasteiger partial charge is 0.441 e. The average molecular weight is 304 g/mol. The molecule has 0 saturated carbocycles. The summed E-state index contributed by atoms with van der Waals surface area (Å²) in [7, 11) is 0. The first-order valence-electron chi connectivity index (χ1n) is 7.14. The van der Waals surface area contributed by atoms with Gasteiger partial charge in [-0.1, -0.05) is 20.3 Å². The van der Waals surface area contributed by atoms with Crippen molar-refractivity contribution in [1.82, 2.24) is 10.3 Å². The standard InChI is InChI=1S/C15H20N4O3/c1-4-8(2)13(19-15(16)21)14(20)18-10-5-6-12-11(7-10)17-9(3)22-12/h5-8,13H,4H2,1-3H3,(H,18,20)(H3,16,19,21)/t8-,13+/m1/s1. The molecule has 1 aromatic heterocycles. The number of amides is 3. The van der Waals surface area contributed by atoms with Gasteiger partial charge in [0.2, 0.25) is 5.91 Å². The molecule has 2 atom stereocenters. The van der Waals surface area contributed by atoms with Gasteiger partial charge in [-0.15, -0.1) is 0 Å². The predicted octanol–water partition coefficient (Wildman–Crippen LogP) is 2.16. The highest BCUT2D eigenvalue weighted by Crippen LogP contribution is 2.20. The molecule has 118 valence electrons.